The highest BCUT2D eigenvalue weighted by Crippen LogP contribution is 2.31. The highest BCUT2D eigenvalue weighted by atomic mass is 16.5. The van der Waals surface area contributed by atoms with Crippen molar-refractivity contribution in [3.63, 3.8) is 0 Å². The molecular formula is C14H11N3O3. The molecule has 0 spiro atoms. The summed E-state index contributed by atoms with van der Waals surface area (Å²) in [5.74, 6) is 0.112. The fraction of sp³-hybridized carbons (Fsp3) is 0.143. The number of carbonyl (C=O) groups is 1. The number of ether oxygens (including phenoxy) is 1. The molecule has 6 heteroatoms. The molecule has 0 amide bonds. The van der Waals surface area contributed by atoms with Gasteiger partial charge in [0.25, 0.3) is 0 Å². The molecule has 6 nitrogen and oxygen atoms in total. The second kappa shape index (κ2) is 5.08. The molecule has 0 radical (unpaired) electrons. The fourth-order valence-corrected chi connectivity index (χ4v) is 2.10. The first kappa shape index (κ1) is 12.3. The summed E-state index contributed by atoms with van der Waals surface area (Å²) < 4.78 is 5.83. The summed E-state index contributed by atoms with van der Waals surface area (Å²) in [7, 11) is 0. The van der Waals surface area contributed by atoms with Crippen LogP contribution in [-0.4, -0.2) is 26.7 Å². The van der Waals surface area contributed by atoms with Crippen molar-refractivity contribution in [1.82, 2.24) is 9.97 Å². The Morgan fingerprint density at radius 3 is 2.90 bits per heavy atom. The Balaban J connectivity index is 2.07. The summed E-state index contributed by atoms with van der Waals surface area (Å²) in [6.45, 7) is 0. The number of aromatic nitrogens is 2. The van der Waals surface area contributed by atoms with E-state index >= 15 is 0 Å². The Kier molecular flexibility index (Phi) is 3.12. The van der Waals surface area contributed by atoms with E-state index < -0.39 is 6.10 Å². The van der Waals surface area contributed by atoms with Crippen LogP contribution in [0.2, 0.25) is 0 Å². The van der Waals surface area contributed by atoms with Crippen LogP contribution in [0.25, 0.3) is 0 Å². The van der Waals surface area contributed by atoms with Gasteiger partial charge in [-0.15, -0.1) is 0 Å². The van der Waals surface area contributed by atoms with Crippen LogP contribution in [0.1, 0.15) is 28.6 Å². The zero-order valence-electron chi connectivity index (χ0n) is 10.4. The standard InChI is InChI=1S/C14H11N3O3/c18-14-9-3-1-2-4-12(9)20-13(7-10(14)17-19)11-8-15-5-6-16-11/h1-6,8,13,19H,7H2/b17-10+. The normalized spacial score (nSPS) is 20.1. The molecule has 0 aliphatic carbocycles. The molecule has 0 fully saturated rings. The average molecular weight is 269 g/mol. The number of hydrogen-bond donors (Lipinski definition) is 1. The minimum Gasteiger partial charge on any atom is -0.483 e. The molecule has 3 rings (SSSR count). The first-order chi connectivity index (χ1) is 9.79. The van der Waals surface area contributed by atoms with Crippen molar-refractivity contribution in [2.75, 3.05) is 0 Å². The van der Waals surface area contributed by atoms with Crippen molar-refractivity contribution in [1.29, 1.82) is 0 Å². The number of para-hydroxylation sites is 1. The summed E-state index contributed by atoms with van der Waals surface area (Å²) in [5.41, 5.74) is 1.01. The Morgan fingerprint density at radius 1 is 1.30 bits per heavy atom. The molecule has 1 atom stereocenters. The van der Waals surface area contributed by atoms with Crippen molar-refractivity contribution in [3.05, 3.63) is 54.1 Å². The van der Waals surface area contributed by atoms with E-state index in [1.165, 1.54) is 0 Å². The zero-order chi connectivity index (χ0) is 13.9. The smallest absolute Gasteiger partial charge is 0.214 e. The summed E-state index contributed by atoms with van der Waals surface area (Å²) in [6.07, 6.45) is 4.30. The molecule has 2 aromatic rings. The molecule has 1 aliphatic heterocycles. The monoisotopic (exact) mass is 269 g/mol. The molecule has 100 valence electrons. The number of oxime groups is 1. The average Bonchev–Trinajstić information content (AvgIpc) is 2.65. The number of Topliss-reactive ketones (excluding diaryl/α,β-unsaturated/α-hetero) is 1. The Hall–Kier alpha value is -2.76. The largest absolute Gasteiger partial charge is 0.483 e. The fourth-order valence-electron chi connectivity index (χ4n) is 2.10. The van der Waals surface area contributed by atoms with Gasteiger partial charge in [0.2, 0.25) is 5.78 Å². The minimum atomic E-state index is -0.512. The quantitative estimate of drug-likeness (QED) is 0.632. The van der Waals surface area contributed by atoms with Crippen LogP contribution < -0.4 is 4.74 Å². The van der Waals surface area contributed by atoms with Crippen LogP contribution in [0.15, 0.2) is 48.0 Å². The van der Waals surface area contributed by atoms with Gasteiger partial charge in [-0.05, 0) is 12.1 Å². The molecule has 1 aromatic carbocycles. The van der Waals surface area contributed by atoms with Crippen LogP contribution in [0.4, 0.5) is 0 Å². The van der Waals surface area contributed by atoms with Crippen LogP contribution in [0, 0.1) is 0 Å². The number of hydrogen-bond acceptors (Lipinski definition) is 6. The highest BCUT2D eigenvalue weighted by molar-refractivity contribution is 6.46. The minimum absolute atomic E-state index is 0.0469. The van der Waals surface area contributed by atoms with E-state index in [4.69, 9.17) is 9.94 Å². The van der Waals surface area contributed by atoms with Gasteiger partial charge >= 0.3 is 0 Å². The third-order valence-electron chi connectivity index (χ3n) is 3.08. The lowest BCUT2D eigenvalue weighted by Crippen LogP contribution is -2.16. The first-order valence-electron chi connectivity index (χ1n) is 6.07. The molecule has 1 N–H and O–H groups in total. The molecule has 1 aliphatic rings. The van der Waals surface area contributed by atoms with Gasteiger partial charge in [-0.1, -0.05) is 17.3 Å². The molecule has 1 aromatic heterocycles. The molecule has 0 saturated carbocycles. The number of carbonyl (C=O) groups excluding carboxylic acids is 1. The predicted octanol–water partition coefficient (Wildman–Crippen LogP) is 2.01. The van der Waals surface area contributed by atoms with Crippen molar-refractivity contribution in [2.24, 2.45) is 5.16 Å². The lowest BCUT2D eigenvalue weighted by atomic mass is 10.0. The van der Waals surface area contributed by atoms with Gasteiger partial charge in [-0.25, -0.2) is 0 Å². The summed E-state index contributed by atoms with van der Waals surface area (Å²) in [5, 5.41) is 12.2. The lowest BCUT2D eigenvalue weighted by Gasteiger charge is -2.15. The van der Waals surface area contributed by atoms with Crippen molar-refractivity contribution < 1.29 is 14.7 Å². The molecule has 1 unspecified atom stereocenters. The van der Waals surface area contributed by atoms with Gasteiger partial charge in [0.15, 0.2) is 0 Å². The predicted molar refractivity (Wildman–Crippen MR) is 70.0 cm³/mol. The van der Waals surface area contributed by atoms with E-state index in [9.17, 15) is 4.79 Å². The first-order valence-corrected chi connectivity index (χ1v) is 6.07. The van der Waals surface area contributed by atoms with Crippen LogP contribution in [0.3, 0.4) is 0 Å². The maximum absolute atomic E-state index is 12.2. The van der Waals surface area contributed by atoms with Crippen molar-refractivity contribution in [2.45, 2.75) is 12.5 Å². The van der Waals surface area contributed by atoms with E-state index in [2.05, 4.69) is 15.1 Å². The molecule has 2 heterocycles. The summed E-state index contributed by atoms with van der Waals surface area (Å²) >= 11 is 0. The second-order valence-corrected chi connectivity index (χ2v) is 4.31. The SMILES string of the molecule is O=C1/C(=N/O)CC(c2cnccn2)Oc2ccccc21. The van der Waals surface area contributed by atoms with E-state index in [1.54, 1.807) is 42.9 Å². The Morgan fingerprint density at radius 2 is 2.15 bits per heavy atom. The third-order valence-corrected chi connectivity index (χ3v) is 3.08. The van der Waals surface area contributed by atoms with Gasteiger partial charge in [-0.2, -0.15) is 0 Å². The van der Waals surface area contributed by atoms with Gasteiger partial charge in [0.1, 0.15) is 17.6 Å². The maximum atomic E-state index is 12.2. The van der Waals surface area contributed by atoms with Crippen molar-refractivity contribution in [3.8, 4) is 5.75 Å². The summed E-state index contributed by atoms with van der Waals surface area (Å²) in [4.78, 5) is 20.4. The number of fused-ring (bicyclic) bond motifs is 1. The van der Waals surface area contributed by atoms with Gasteiger partial charge in [0.05, 0.1) is 17.5 Å². The number of nitrogens with zero attached hydrogens (tertiary/aromatic N) is 3. The van der Waals surface area contributed by atoms with E-state index in [1.807, 2.05) is 0 Å². The van der Waals surface area contributed by atoms with E-state index in [0.717, 1.165) is 0 Å². The second-order valence-electron chi connectivity index (χ2n) is 4.31. The molecular weight excluding hydrogens is 258 g/mol. The zero-order valence-corrected chi connectivity index (χ0v) is 10.4. The number of rotatable bonds is 1. The number of ketones is 1. The van der Waals surface area contributed by atoms with Crippen LogP contribution in [0.5, 0.6) is 5.75 Å². The molecule has 20 heavy (non-hydrogen) atoms. The third kappa shape index (κ3) is 2.11. The maximum Gasteiger partial charge on any atom is 0.214 e. The Bertz CT molecular complexity index is 670. The lowest BCUT2D eigenvalue weighted by molar-refractivity contribution is 0.106. The van der Waals surface area contributed by atoms with Gasteiger partial charge in [-0.3, -0.25) is 14.8 Å². The molecule has 0 bridgehead atoms. The van der Waals surface area contributed by atoms with Crippen molar-refractivity contribution >= 4 is 11.5 Å². The van der Waals surface area contributed by atoms with Gasteiger partial charge in [0, 0.05) is 18.8 Å². The van der Waals surface area contributed by atoms with Crippen LogP contribution >= 0.6 is 0 Å². The van der Waals surface area contributed by atoms with Gasteiger partial charge < -0.3 is 9.94 Å². The highest BCUT2D eigenvalue weighted by Gasteiger charge is 2.30. The Labute approximate surface area is 114 Å². The summed E-state index contributed by atoms with van der Waals surface area (Å²) in [6, 6.07) is 6.86. The van der Waals surface area contributed by atoms with E-state index in [-0.39, 0.29) is 17.9 Å². The molecule has 0 saturated heterocycles. The van der Waals surface area contributed by atoms with Crippen LogP contribution in [-0.2, 0) is 0 Å². The topological polar surface area (TPSA) is 84.7 Å². The van der Waals surface area contributed by atoms with E-state index in [0.29, 0.717) is 17.0 Å². The number of benzene rings is 1.